The average Bonchev–Trinajstić information content (AvgIpc) is 3.05. The van der Waals surface area contributed by atoms with Crippen LogP contribution in [0.1, 0.15) is 48.6 Å². The molecule has 2 N–H and O–H groups in total. The van der Waals surface area contributed by atoms with Crippen molar-refractivity contribution < 1.29 is 9.90 Å². The van der Waals surface area contributed by atoms with E-state index >= 15 is 0 Å². The van der Waals surface area contributed by atoms with Gasteiger partial charge < -0.3 is 15.3 Å². The number of anilines is 1. The standard InChI is InChI=1S/C21H26N2O2/c1-15-6-3-8-18(12-15)20(24)14-22-16(2)17-7-4-9-19(13-17)23-11-5-10-21(23)25/h3-4,6-9,12-13,16,20,22,24H,5,10-11,14H2,1-2H3. The van der Waals surface area contributed by atoms with Crippen molar-refractivity contribution >= 4 is 11.6 Å². The molecule has 0 bridgehead atoms. The molecule has 25 heavy (non-hydrogen) atoms. The highest BCUT2D eigenvalue weighted by Crippen LogP contribution is 2.25. The number of nitrogens with one attached hydrogen (secondary N) is 1. The van der Waals surface area contributed by atoms with Gasteiger partial charge >= 0.3 is 0 Å². The Kier molecular flexibility index (Phi) is 5.51. The van der Waals surface area contributed by atoms with E-state index in [-0.39, 0.29) is 11.9 Å². The first kappa shape index (κ1) is 17.6. The number of hydrogen-bond acceptors (Lipinski definition) is 3. The number of aryl methyl sites for hydroxylation is 1. The van der Waals surface area contributed by atoms with E-state index in [2.05, 4.69) is 24.4 Å². The highest BCUT2D eigenvalue weighted by molar-refractivity contribution is 5.95. The molecule has 0 saturated carbocycles. The van der Waals surface area contributed by atoms with Gasteiger partial charge in [0.1, 0.15) is 0 Å². The molecule has 1 aliphatic heterocycles. The summed E-state index contributed by atoms with van der Waals surface area (Å²) in [5.74, 6) is 0.202. The maximum atomic E-state index is 11.9. The topological polar surface area (TPSA) is 52.6 Å². The zero-order valence-electron chi connectivity index (χ0n) is 14.9. The van der Waals surface area contributed by atoms with Crippen molar-refractivity contribution in [1.82, 2.24) is 5.32 Å². The minimum atomic E-state index is -0.536. The van der Waals surface area contributed by atoms with Crippen LogP contribution < -0.4 is 10.2 Å². The van der Waals surface area contributed by atoms with Crippen molar-refractivity contribution in [3.63, 3.8) is 0 Å². The van der Waals surface area contributed by atoms with Crippen LogP contribution in [0.15, 0.2) is 48.5 Å². The van der Waals surface area contributed by atoms with Crippen molar-refractivity contribution in [1.29, 1.82) is 0 Å². The lowest BCUT2D eigenvalue weighted by Gasteiger charge is -2.21. The van der Waals surface area contributed by atoms with Crippen molar-refractivity contribution in [2.45, 2.75) is 38.8 Å². The van der Waals surface area contributed by atoms with Crippen molar-refractivity contribution in [2.24, 2.45) is 0 Å². The Morgan fingerprint density at radius 3 is 2.64 bits per heavy atom. The smallest absolute Gasteiger partial charge is 0.227 e. The summed E-state index contributed by atoms with van der Waals surface area (Å²) in [6.45, 7) is 5.39. The van der Waals surface area contributed by atoms with Crippen molar-refractivity contribution in [2.75, 3.05) is 18.0 Å². The van der Waals surface area contributed by atoms with E-state index in [0.29, 0.717) is 13.0 Å². The summed E-state index contributed by atoms with van der Waals surface area (Å²) in [5.41, 5.74) is 4.16. The Labute approximate surface area is 149 Å². The van der Waals surface area contributed by atoms with Gasteiger partial charge in [-0.05, 0) is 43.5 Å². The van der Waals surface area contributed by atoms with Crippen LogP contribution in [0.4, 0.5) is 5.69 Å². The van der Waals surface area contributed by atoms with E-state index in [9.17, 15) is 9.90 Å². The van der Waals surface area contributed by atoms with E-state index in [1.807, 2.05) is 48.2 Å². The number of hydrogen-bond donors (Lipinski definition) is 2. The molecule has 1 fully saturated rings. The number of benzene rings is 2. The quantitative estimate of drug-likeness (QED) is 0.847. The third-order valence-electron chi connectivity index (χ3n) is 4.80. The average molecular weight is 338 g/mol. The van der Waals surface area contributed by atoms with Crippen molar-refractivity contribution in [3.05, 3.63) is 65.2 Å². The fourth-order valence-electron chi connectivity index (χ4n) is 3.28. The number of rotatable bonds is 6. The number of amides is 1. The van der Waals surface area contributed by atoms with E-state index in [1.54, 1.807) is 0 Å². The molecule has 0 spiro atoms. The van der Waals surface area contributed by atoms with Crippen LogP contribution >= 0.6 is 0 Å². The zero-order chi connectivity index (χ0) is 17.8. The minimum absolute atomic E-state index is 0.0946. The fourth-order valence-corrected chi connectivity index (χ4v) is 3.28. The summed E-state index contributed by atoms with van der Waals surface area (Å²) in [6, 6.07) is 16.1. The number of aliphatic hydroxyl groups excluding tert-OH is 1. The van der Waals surface area contributed by atoms with Crippen LogP contribution in [0.5, 0.6) is 0 Å². The Morgan fingerprint density at radius 1 is 1.16 bits per heavy atom. The van der Waals surface area contributed by atoms with Gasteiger partial charge in [0, 0.05) is 31.2 Å². The lowest BCUT2D eigenvalue weighted by atomic mass is 10.0. The highest BCUT2D eigenvalue weighted by Gasteiger charge is 2.22. The van der Waals surface area contributed by atoms with Crippen LogP contribution in [0.3, 0.4) is 0 Å². The second-order valence-electron chi connectivity index (χ2n) is 6.80. The lowest BCUT2D eigenvalue weighted by Crippen LogP contribution is -2.26. The molecule has 1 heterocycles. The van der Waals surface area contributed by atoms with Crippen LogP contribution in [-0.4, -0.2) is 24.1 Å². The SMILES string of the molecule is Cc1cccc(C(O)CNC(C)c2cccc(N3CCCC3=O)c2)c1. The first-order valence-corrected chi connectivity index (χ1v) is 8.93. The Morgan fingerprint density at radius 2 is 1.92 bits per heavy atom. The van der Waals surface area contributed by atoms with Gasteiger partial charge in [0.05, 0.1) is 6.10 Å². The summed E-state index contributed by atoms with van der Waals surface area (Å²) < 4.78 is 0. The summed E-state index contributed by atoms with van der Waals surface area (Å²) in [4.78, 5) is 13.8. The third kappa shape index (κ3) is 4.27. The molecule has 0 aliphatic carbocycles. The van der Waals surface area contributed by atoms with Gasteiger partial charge in [-0.25, -0.2) is 0 Å². The molecule has 2 atom stereocenters. The van der Waals surface area contributed by atoms with Gasteiger partial charge in [0.2, 0.25) is 5.91 Å². The summed E-state index contributed by atoms with van der Waals surface area (Å²) in [6.07, 6.45) is 1.03. The Balaban J connectivity index is 1.63. The molecule has 4 nitrogen and oxygen atoms in total. The maximum absolute atomic E-state index is 11.9. The van der Waals surface area contributed by atoms with Crippen LogP contribution in [-0.2, 0) is 4.79 Å². The lowest BCUT2D eigenvalue weighted by molar-refractivity contribution is -0.117. The van der Waals surface area contributed by atoms with Crippen LogP contribution in [0, 0.1) is 6.92 Å². The van der Waals surface area contributed by atoms with Crippen molar-refractivity contribution in [3.8, 4) is 0 Å². The normalized spacial score (nSPS) is 16.9. The van der Waals surface area contributed by atoms with Gasteiger partial charge in [-0.15, -0.1) is 0 Å². The molecular weight excluding hydrogens is 312 g/mol. The van der Waals surface area contributed by atoms with Gasteiger partial charge in [-0.3, -0.25) is 4.79 Å². The van der Waals surface area contributed by atoms with Gasteiger partial charge in [0.25, 0.3) is 0 Å². The molecule has 2 unspecified atom stereocenters. The molecule has 2 aromatic carbocycles. The first-order valence-electron chi connectivity index (χ1n) is 8.93. The largest absolute Gasteiger partial charge is 0.387 e. The van der Waals surface area contributed by atoms with Crippen LogP contribution in [0.2, 0.25) is 0 Å². The minimum Gasteiger partial charge on any atom is -0.387 e. The molecule has 1 amide bonds. The summed E-state index contributed by atoms with van der Waals surface area (Å²) >= 11 is 0. The second-order valence-corrected chi connectivity index (χ2v) is 6.80. The molecule has 2 aromatic rings. The monoisotopic (exact) mass is 338 g/mol. The predicted octanol–water partition coefficient (Wildman–Crippen LogP) is 3.51. The van der Waals surface area contributed by atoms with E-state index in [0.717, 1.165) is 35.3 Å². The molecule has 3 rings (SSSR count). The molecule has 4 heteroatoms. The number of carbonyl (C=O) groups excluding carboxylic acids is 1. The molecular formula is C21H26N2O2. The summed E-state index contributed by atoms with van der Waals surface area (Å²) in [5, 5.41) is 13.8. The number of carbonyl (C=O) groups is 1. The molecule has 0 radical (unpaired) electrons. The second kappa shape index (κ2) is 7.81. The fraction of sp³-hybridized carbons (Fsp3) is 0.381. The Hall–Kier alpha value is -2.17. The van der Waals surface area contributed by atoms with Gasteiger partial charge in [-0.1, -0.05) is 42.0 Å². The third-order valence-corrected chi connectivity index (χ3v) is 4.80. The molecule has 0 aromatic heterocycles. The number of nitrogens with zero attached hydrogens (tertiary/aromatic N) is 1. The molecule has 1 aliphatic rings. The molecule has 132 valence electrons. The van der Waals surface area contributed by atoms with E-state index in [1.165, 1.54) is 0 Å². The van der Waals surface area contributed by atoms with Crippen LogP contribution in [0.25, 0.3) is 0 Å². The zero-order valence-corrected chi connectivity index (χ0v) is 14.9. The highest BCUT2D eigenvalue weighted by atomic mass is 16.3. The first-order chi connectivity index (χ1) is 12.0. The van der Waals surface area contributed by atoms with E-state index in [4.69, 9.17) is 0 Å². The molecule has 1 saturated heterocycles. The Bertz CT molecular complexity index is 744. The predicted molar refractivity (Wildman–Crippen MR) is 101 cm³/mol. The van der Waals surface area contributed by atoms with E-state index < -0.39 is 6.10 Å². The maximum Gasteiger partial charge on any atom is 0.227 e. The summed E-state index contributed by atoms with van der Waals surface area (Å²) in [7, 11) is 0. The van der Waals surface area contributed by atoms with Gasteiger partial charge in [0.15, 0.2) is 0 Å². The number of aliphatic hydroxyl groups is 1. The van der Waals surface area contributed by atoms with Gasteiger partial charge in [-0.2, -0.15) is 0 Å².